The van der Waals surface area contributed by atoms with E-state index in [0.717, 1.165) is 32.6 Å². The van der Waals surface area contributed by atoms with E-state index in [1.54, 1.807) is 0 Å². The number of ether oxygens (including phenoxy) is 1. The second-order valence-electron chi connectivity index (χ2n) is 5.22. The van der Waals surface area contributed by atoms with E-state index in [2.05, 4.69) is 11.9 Å². The van der Waals surface area contributed by atoms with Crippen molar-refractivity contribution >= 4 is 5.91 Å². The largest absolute Gasteiger partial charge is 0.381 e. The lowest BCUT2D eigenvalue weighted by Crippen LogP contribution is -2.58. The number of amides is 1. The molecule has 0 unspecified atom stereocenters. The average Bonchev–Trinajstić information content (AvgIpc) is 2.54. The molecule has 0 atom stereocenters. The highest BCUT2D eigenvalue weighted by Crippen LogP contribution is 2.21. The fourth-order valence-electron chi connectivity index (χ4n) is 2.51. The van der Waals surface area contributed by atoms with Gasteiger partial charge in [-0.15, -0.1) is 0 Å². The molecular formula is C12H23N3O2. The molecule has 2 heterocycles. The molecule has 0 aromatic carbocycles. The zero-order valence-electron chi connectivity index (χ0n) is 10.7. The Bertz CT molecular complexity index is 277. The van der Waals surface area contributed by atoms with Gasteiger partial charge in [0.05, 0.1) is 5.54 Å². The molecule has 0 saturated carbocycles. The van der Waals surface area contributed by atoms with Gasteiger partial charge in [0, 0.05) is 32.8 Å². The monoisotopic (exact) mass is 241 g/mol. The molecule has 0 aromatic heterocycles. The number of carbonyl (C=O) groups excluding carboxylic acids is 1. The van der Waals surface area contributed by atoms with Crippen molar-refractivity contribution in [1.29, 1.82) is 0 Å². The minimum absolute atomic E-state index is 0.121. The van der Waals surface area contributed by atoms with Crippen LogP contribution in [0.15, 0.2) is 0 Å². The molecule has 2 aliphatic heterocycles. The highest BCUT2D eigenvalue weighted by atomic mass is 16.5. The zero-order chi connectivity index (χ0) is 12.3. The Morgan fingerprint density at radius 1 is 1.18 bits per heavy atom. The Kier molecular flexibility index (Phi) is 4.01. The average molecular weight is 241 g/mol. The van der Waals surface area contributed by atoms with Crippen molar-refractivity contribution < 1.29 is 9.53 Å². The molecule has 17 heavy (non-hydrogen) atoms. The number of nitrogens with zero attached hydrogens (tertiary/aromatic N) is 2. The molecule has 2 N–H and O–H groups in total. The highest BCUT2D eigenvalue weighted by Gasteiger charge is 2.39. The molecule has 0 radical (unpaired) electrons. The van der Waals surface area contributed by atoms with Gasteiger partial charge in [0.1, 0.15) is 0 Å². The molecular weight excluding hydrogens is 218 g/mol. The first-order chi connectivity index (χ1) is 8.12. The lowest BCUT2D eigenvalue weighted by Gasteiger charge is -2.36. The van der Waals surface area contributed by atoms with Crippen molar-refractivity contribution in [3.8, 4) is 0 Å². The summed E-state index contributed by atoms with van der Waals surface area (Å²) in [5, 5.41) is 0. The normalized spacial score (nSPS) is 26.6. The van der Waals surface area contributed by atoms with Crippen molar-refractivity contribution in [2.75, 3.05) is 46.4 Å². The summed E-state index contributed by atoms with van der Waals surface area (Å²) in [6.45, 7) is 4.85. The van der Waals surface area contributed by atoms with Crippen molar-refractivity contribution in [2.24, 2.45) is 5.73 Å². The molecule has 2 saturated heterocycles. The fraction of sp³-hybridized carbons (Fsp3) is 0.917. The zero-order valence-corrected chi connectivity index (χ0v) is 10.7. The minimum Gasteiger partial charge on any atom is -0.381 e. The molecule has 0 aliphatic carbocycles. The van der Waals surface area contributed by atoms with E-state index >= 15 is 0 Å². The highest BCUT2D eigenvalue weighted by molar-refractivity contribution is 5.86. The van der Waals surface area contributed by atoms with Crippen LogP contribution in [0.25, 0.3) is 0 Å². The summed E-state index contributed by atoms with van der Waals surface area (Å²) in [5.74, 6) is 0.121. The topological polar surface area (TPSA) is 58.8 Å². The summed E-state index contributed by atoms with van der Waals surface area (Å²) in [6.07, 6.45) is 2.34. The van der Waals surface area contributed by atoms with Gasteiger partial charge in [-0.3, -0.25) is 4.79 Å². The van der Waals surface area contributed by atoms with E-state index in [9.17, 15) is 4.79 Å². The summed E-state index contributed by atoms with van der Waals surface area (Å²) in [6, 6.07) is 0. The Morgan fingerprint density at radius 3 is 2.59 bits per heavy atom. The predicted molar refractivity (Wildman–Crippen MR) is 65.7 cm³/mol. The molecule has 0 aromatic rings. The Morgan fingerprint density at radius 2 is 1.88 bits per heavy atom. The quantitative estimate of drug-likeness (QED) is 0.682. The molecule has 0 bridgehead atoms. The van der Waals surface area contributed by atoms with Crippen LogP contribution in [0.4, 0.5) is 0 Å². The first kappa shape index (κ1) is 12.8. The molecule has 1 amide bonds. The smallest absolute Gasteiger partial charge is 0.242 e. The molecule has 2 rings (SSSR count). The number of hydrogen-bond acceptors (Lipinski definition) is 4. The summed E-state index contributed by atoms with van der Waals surface area (Å²) in [5.41, 5.74) is 5.55. The van der Waals surface area contributed by atoms with Crippen LogP contribution in [-0.4, -0.2) is 67.7 Å². The van der Waals surface area contributed by atoms with Crippen molar-refractivity contribution in [2.45, 2.75) is 24.8 Å². The third-order valence-electron chi connectivity index (χ3n) is 3.82. The van der Waals surface area contributed by atoms with Crippen LogP contribution in [0.2, 0.25) is 0 Å². The van der Waals surface area contributed by atoms with Gasteiger partial charge in [-0.1, -0.05) is 0 Å². The Hall–Kier alpha value is -0.650. The van der Waals surface area contributed by atoms with Gasteiger partial charge in [0.25, 0.3) is 0 Å². The van der Waals surface area contributed by atoms with E-state index in [1.807, 2.05) is 4.90 Å². The van der Waals surface area contributed by atoms with Gasteiger partial charge in [-0.05, 0) is 32.9 Å². The van der Waals surface area contributed by atoms with Crippen LogP contribution in [0.1, 0.15) is 19.3 Å². The SMILES string of the molecule is CN1CCCN(C(=O)C2(N)CCOCC2)CC1. The second kappa shape index (κ2) is 5.33. The molecule has 5 nitrogen and oxygen atoms in total. The first-order valence-electron chi connectivity index (χ1n) is 6.46. The third kappa shape index (κ3) is 2.97. The summed E-state index contributed by atoms with van der Waals surface area (Å²) in [7, 11) is 2.10. The number of carbonyl (C=O) groups is 1. The van der Waals surface area contributed by atoms with Gasteiger partial charge in [-0.2, -0.15) is 0 Å². The standard InChI is InChI=1S/C12H23N3O2/c1-14-5-2-6-15(8-7-14)11(16)12(13)3-9-17-10-4-12/h2-10,13H2,1H3. The lowest BCUT2D eigenvalue weighted by molar-refractivity contribution is -0.140. The molecule has 98 valence electrons. The summed E-state index contributed by atoms with van der Waals surface area (Å²) in [4.78, 5) is 16.7. The van der Waals surface area contributed by atoms with Crippen LogP contribution in [0.3, 0.4) is 0 Å². The van der Waals surface area contributed by atoms with E-state index in [-0.39, 0.29) is 5.91 Å². The van der Waals surface area contributed by atoms with Gasteiger partial charge in [-0.25, -0.2) is 0 Å². The first-order valence-corrected chi connectivity index (χ1v) is 6.46. The number of likely N-dealkylation sites (N-methyl/N-ethyl adjacent to an activating group) is 1. The lowest BCUT2D eigenvalue weighted by atomic mass is 9.89. The number of rotatable bonds is 1. The van der Waals surface area contributed by atoms with Crippen molar-refractivity contribution in [3.05, 3.63) is 0 Å². The van der Waals surface area contributed by atoms with Crippen LogP contribution < -0.4 is 5.73 Å². The number of hydrogen-bond donors (Lipinski definition) is 1. The van der Waals surface area contributed by atoms with Crippen LogP contribution in [-0.2, 0) is 9.53 Å². The summed E-state index contributed by atoms with van der Waals surface area (Å²) >= 11 is 0. The Balaban J connectivity index is 1.98. The predicted octanol–water partition coefficient (Wildman–Crippen LogP) is -0.342. The molecule has 0 spiro atoms. The minimum atomic E-state index is -0.679. The third-order valence-corrected chi connectivity index (χ3v) is 3.82. The van der Waals surface area contributed by atoms with Crippen molar-refractivity contribution in [1.82, 2.24) is 9.80 Å². The maximum Gasteiger partial charge on any atom is 0.242 e. The van der Waals surface area contributed by atoms with E-state index in [4.69, 9.17) is 10.5 Å². The Labute approximate surface area is 103 Å². The van der Waals surface area contributed by atoms with Gasteiger partial charge in [0.2, 0.25) is 5.91 Å². The van der Waals surface area contributed by atoms with Crippen LogP contribution in [0.5, 0.6) is 0 Å². The molecule has 5 heteroatoms. The van der Waals surface area contributed by atoms with E-state index in [1.165, 1.54) is 0 Å². The van der Waals surface area contributed by atoms with Gasteiger partial charge in [0.15, 0.2) is 0 Å². The van der Waals surface area contributed by atoms with Gasteiger partial charge < -0.3 is 20.3 Å². The van der Waals surface area contributed by atoms with Crippen molar-refractivity contribution in [3.63, 3.8) is 0 Å². The maximum absolute atomic E-state index is 12.5. The van der Waals surface area contributed by atoms with Crippen LogP contribution in [0, 0.1) is 0 Å². The van der Waals surface area contributed by atoms with E-state index in [0.29, 0.717) is 26.1 Å². The molecule has 2 fully saturated rings. The van der Waals surface area contributed by atoms with Crippen LogP contribution >= 0.6 is 0 Å². The number of nitrogens with two attached hydrogens (primary N) is 1. The second-order valence-corrected chi connectivity index (χ2v) is 5.22. The summed E-state index contributed by atoms with van der Waals surface area (Å²) < 4.78 is 5.29. The molecule has 2 aliphatic rings. The maximum atomic E-state index is 12.5. The fourth-order valence-corrected chi connectivity index (χ4v) is 2.51. The van der Waals surface area contributed by atoms with E-state index < -0.39 is 5.54 Å². The van der Waals surface area contributed by atoms with Gasteiger partial charge >= 0.3 is 0 Å².